The van der Waals surface area contributed by atoms with Crippen molar-refractivity contribution < 1.29 is 4.84 Å². The Morgan fingerprint density at radius 2 is 2.00 bits per heavy atom. The third kappa shape index (κ3) is 3.95. The van der Waals surface area contributed by atoms with E-state index in [4.69, 9.17) is 16.4 Å². The minimum atomic E-state index is 0.505. The van der Waals surface area contributed by atoms with Gasteiger partial charge in [0.05, 0.1) is 7.11 Å². The molecule has 1 saturated carbocycles. The Balaban J connectivity index is 2.05. The number of halogens is 1. The first-order valence-corrected chi connectivity index (χ1v) is 7.44. The summed E-state index contributed by atoms with van der Waals surface area (Å²) in [6, 6.07) is 6.40. The molecule has 1 fully saturated rings. The highest BCUT2D eigenvalue weighted by atomic mass is 35.5. The third-order valence-electron chi connectivity index (χ3n) is 4.26. The van der Waals surface area contributed by atoms with Crippen LogP contribution in [0.15, 0.2) is 18.2 Å². The highest BCUT2D eigenvalue weighted by molar-refractivity contribution is 6.31. The van der Waals surface area contributed by atoms with E-state index in [9.17, 15) is 0 Å². The van der Waals surface area contributed by atoms with Crippen LogP contribution in [0.5, 0.6) is 0 Å². The second-order valence-corrected chi connectivity index (χ2v) is 6.73. The van der Waals surface area contributed by atoms with E-state index < -0.39 is 0 Å². The number of benzene rings is 1. The highest BCUT2D eigenvalue weighted by Gasteiger charge is 2.28. The van der Waals surface area contributed by atoms with Crippen molar-refractivity contribution in [1.29, 1.82) is 0 Å². The molecule has 3 heteroatoms. The largest absolute Gasteiger partial charge is 0.305 e. The zero-order valence-electron chi connectivity index (χ0n) is 12.1. The maximum Gasteiger partial charge on any atom is 0.0572 e. The van der Waals surface area contributed by atoms with Gasteiger partial charge in [-0.2, -0.15) is 5.48 Å². The molecular weight excluding hydrogens is 258 g/mol. The van der Waals surface area contributed by atoms with Crippen LogP contribution in [0.4, 0.5) is 0 Å². The summed E-state index contributed by atoms with van der Waals surface area (Å²) in [4.78, 5) is 4.86. The monoisotopic (exact) mass is 281 g/mol. The minimum Gasteiger partial charge on any atom is -0.305 e. The molecule has 19 heavy (non-hydrogen) atoms. The van der Waals surface area contributed by atoms with Crippen molar-refractivity contribution in [2.24, 2.45) is 5.41 Å². The third-order valence-corrected chi connectivity index (χ3v) is 4.59. The lowest BCUT2D eigenvalue weighted by Gasteiger charge is -2.34. The molecule has 0 heterocycles. The van der Waals surface area contributed by atoms with Crippen LogP contribution < -0.4 is 5.48 Å². The first-order valence-electron chi connectivity index (χ1n) is 7.06. The molecule has 0 spiro atoms. The lowest BCUT2D eigenvalue weighted by molar-refractivity contribution is 0.0867. The van der Waals surface area contributed by atoms with Gasteiger partial charge in [-0.15, -0.1) is 0 Å². The summed E-state index contributed by atoms with van der Waals surface area (Å²) in [6.07, 6.45) is 5.09. The summed E-state index contributed by atoms with van der Waals surface area (Å²) >= 11 is 6.44. The number of hydrogen-bond donors (Lipinski definition) is 1. The SMILES string of the molecule is CONCc1ccc(C2CCC(C)(C)CC2)c(Cl)c1. The van der Waals surface area contributed by atoms with Gasteiger partial charge in [-0.3, -0.25) is 0 Å². The Morgan fingerprint density at radius 3 is 2.58 bits per heavy atom. The second-order valence-electron chi connectivity index (χ2n) is 6.32. The Bertz CT molecular complexity index is 421. The lowest BCUT2D eigenvalue weighted by atomic mass is 9.71. The molecule has 0 atom stereocenters. The van der Waals surface area contributed by atoms with Gasteiger partial charge in [0.25, 0.3) is 0 Å². The van der Waals surface area contributed by atoms with Crippen molar-refractivity contribution in [3.05, 3.63) is 34.3 Å². The molecule has 2 nitrogen and oxygen atoms in total. The van der Waals surface area contributed by atoms with Gasteiger partial charge in [-0.1, -0.05) is 37.6 Å². The molecule has 0 aliphatic heterocycles. The number of nitrogens with one attached hydrogen (secondary N) is 1. The van der Waals surface area contributed by atoms with E-state index in [-0.39, 0.29) is 0 Å². The van der Waals surface area contributed by atoms with Crippen LogP contribution in [0.1, 0.15) is 56.6 Å². The maximum absolute atomic E-state index is 6.44. The van der Waals surface area contributed by atoms with Crippen LogP contribution in [0.2, 0.25) is 5.02 Å². The molecule has 0 bridgehead atoms. The molecule has 0 amide bonds. The predicted octanol–water partition coefficient (Wildman–Crippen LogP) is 4.67. The van der Waals surface area contributed by atoms with Crippen LogP contribution in [-0.2, 0) is 11.4 Å². The molecule has 1 aliphatic rings. The number of rotatable bonds is 4. The van der Waals surface area contributed by atoms with Gasteiger partial charge in [0.15, 0.2) is 0 Å². The van der Waals surface area contributed by atoms with Gasteiger partial charge < -0.3 is 4.84 Å². The van der Waals surface area contributed by atoms with Gasteiger partial charge in [0.1, 0.15) is 0 Å². The van der Waals surface area contributed by atoms with Crippen LogP contribution in [0.25, 0.3) is 0 Å². The molecule has 1 aromatic carbocycles. The molecule has 0 radical (unpaired) electrons. The fourth-order valence-electron chi connectivity index (χ4n) is 2.88. The standard InChI is InChI=1S/C16H24ClNO/c1-16(2)8-6-13(7-9-16)14-5-4-12(10-15(14)17)11-18-19-3/h4-5,10,13,18H,6-9,11H2,1-3H3. The normalized spacial score (nSPS) is 19.6. The average Bonchev–Trinajstić information content (AvgIpc) is 2.37. The van der Waals surface area contributed by atoms with E-state index in [2.05, 4.69) is 37.5 Å². The zero-order valence-corrected chi connectivity index (χ0v) is 12.9. The highest BCUT2D eigenvalue weighted by Crippen LogP contribution is 2.44. The van der Waals surface area contributed by atoms with Crippen molar-refractivity contribution in [2.75, 3.05) is 7.11 Å². The van der Waals surface area contributed by atoms with Crippen LogP contribution in [-0.4, -0.2) is 7.11 Å². The van der Waals surface area contributed by atoms with E-state index >= 15 is 0 Å². The van der Waals surface area contributed by atoms with Crippen molar-refractivity contribution in [3.8, 4) is 0 Å². The predicted molar refractivity (Wildman–Crippen MR) is 80.3 cm³/mol. The van der Waals surface area contributed by atoms with Crippen molar-refractivity contribution in [1.82, 2.24) is 5.48 Å². The van der Waals surface area contributed by atoms with Crippen LogP contribution >= 0.6 is 11.6 Å². The van der Waals surface area contributed by atoms with Crippen molar-refractivity contribution >= 4 is 11.6 Å². The first kappa shape index (κ1) is 14.8. The minimum absolute atomic E-state index is 0.505. The quantitative estimate of drug-likeness (QED) is 0.810. The van der Waals surface area contributed by atoms with Gasteiger partial charge in [0.2, 0.25) is 0 Å². The fraction of sp³-hybridized carbons (Fsp3) is 0.625. The van der Waals surface area contributed by atoms with Crippen LogP contribution in [0, 0.1) is 5.41 Å². The molecular formula is C16H24ClNO. The van der Waals surface area contributed by atoms with E-state index in [0.717, 1.165) is 10.6 Å². The molecule has 1 aromatic rings. The molecule has 2 rings (SSSR count). The van der Waals surface area contributed by atoms with E-state index in [1.807, 2.05) is 0 Å². The van der Waals surface area contributed by atoms with E-state index in [1.54, 1.807) is 7.11 Å². The summed E-state index contributed by atoms with van der Waals surface area (Å²) in [6.45, 7) is 5.42. The Kier molecular flexibility index (Phi) is 4.88. The fourth-order valence-corrected chi connectivity index (χ4v) is 3.23. The molecule has 0 aromatic heterocycles. The molecule has 106 valence electrons. The average molecular weight is 282 g/mol. The maximum atomic E-state index is 6.44. The molecule has 0 saturated heterocycles. The number of hydroxylamine groups is 1. The Labute approximate surface area is 121 Å². The van der Waals surface area contributed by atoms with Gasteiger partial charge >= 0.3 is 0 Å². The van der Waals surface area contributed by atoms with E-state index in [1.165, 1.54) is 31.2 Å². The van der Waals surface area contributed by atoms with Crippen LogP contribution in [0.3, 0.4) is 0 Å². The van der Waals surface area contributed by atoms with Gasteiger partial charge in [-0.25, -0.2) is 0 Å². The Hall–Kier alpha value is -0.570. The van der Waals surface area contributed by atoms with Crippen molar-refractivity contribution in [3.63, 3.8) is 0 Å². The van der Waals surface area contributed by atoms with Gasteiger partial charge in [0, 0.05) is 11.6 Å². The smallest absolute Gasteiger partial charge is 0.0572 e. The van der Waals surface area contributed by atoms with Crippen molar-refractivity contribution in [2.45, 2.75) is 52.0 Å². The molecule has 0 unspecified atom stereocenters. The summed E-state index contributed by atoms with van der Waals surface area (Å²) in [5.41, 5.74) is 5.83. The van der Waals surface area contributed by atoms with E-state index in [0.29, 0.717) is 17.9 Å². The summed E-state index contributed by atoms with van der Waals surface area (Å²) in [7, 11) is 1.62. The molecule has 1 aliphatic carbocycles. The second kappa shape index (κ2) is 6.25. The topological polar surface area (TPSA) is 21.3 Å². The summed E-state index contributed by atoms with van der Waals surface area (Å²) < 4.78 is 0. The summed E-state index contributed by atoms with van der Waals surface area (Å²) in [5.74, 6) is 0.630. The first-order chi connectivity index (χ1) is 9.02. The Morgan fingerprint density at radius 1 is 1.32 bits per heavy atom. The number of hydrogen-bond acceptors (Lipinski definition) is 2. The molecule has 1 N–H and O–H groups in total. The van der Waals surface area contributed by atoms with Gasteiger partial charge in [-0.05, 0) is 54.2 Å². The zero-order chi connectivity index (χ0) is 13.9. The summed E-state index contributed by atoms with van der Waals surface area (Å²) in [5, 5.41) is 0.903. The lowest BCUT2D eigenvalue weighted by Crippen LogP contribution is -2.20.